The predicted octanol–water partition coefficient (Wildman–Crippen LogP) is 5.31. The smallest absolute Gasteiger partial charge is 0.251 e. The molecule has 0 unspecified atom stereocenters. The lowest BCUT2D eigenvalue weighted by Crippen LogP contribution is -2.48. The van der Waals surface area contributed by atoms with Crippen LogP contribution in [0.1, 0.15) is 53.7 Å². The Morgan fingerprint density at radius 3 is 2.51 bits per heavy atom. The standard InChI is InChI=1S/C33H39F2N5O3/c1-4-6-11-40(3)31-18-25(17-29(38-31)33-37-10-12-43-33)32(42)39-28(16-24-14-26(34)19-27(35)15-24)30(41)21-36-20-23-9-7-8-22(5-2)13-23/h7-10,12-15,17-19,28,30,36,41H,4-6,11,16,20-21H2,1-3H3,(H,39,42)/t28-,30-/m0/s1. The van der Waals surface area contributed by atoms with Crippen LogP contribution in [-0.2, 0) is 19.4 Å². The Labute approximate surface area is 251 Å². The zero-order valence-electron chi connectivity index (χ0n) is 24.8. The van der Waals surface area contributed by atoms with Crippen molar-refractivity contribution in [2.24, 2.45) is 0 Å². The van der Waals surface area contributed by atoms with Crippen molar-refractivity contribution in [1.29, 1.82) is 0 Å². The summed E-state index contributed by atoms with van der Waals surface area (Å²) in [4.78, 5) is 24.4. The highest BCUT2D eigenvalue weighted by Crippen LogP contribution is 2.22. The topological polar surface area (TPSA) is 104 Å². The zero-order valence-corrected chi connectivity index (χ0v) is 24.8. The average molecular weight is 592 g/mol. The lowest BCUT2D eigenvalue weighted by molar-refractivity contribution is 0.0830. The summed E-state index contributed by atoms with van der Waals surface area (Å²) in [5.41, 5.74) is 3.26. The van der Waals surface area contributed by atoms with Crippen molar-refractivity contribution >= 4 is 11.7 Å². The van der Waals surface area contributed by atoms with E-state index in [2.05, 4.69) is 46.6 Å². The molecule has 0 fully saturated rings. The van der Waals surface area contributed by atoms with Crippen LogP contribution in [0.2, 0.25) is 0 Å². The Kier molecular flexibility index (Phi) is 11.4. The number of halogens is 2. The molecule has 4 aromatic rings. The Balaban J connectivity index is 1.56. The van der Waals surface area contributed by atoms with Crippen LogP contribution < -0.4 is 15.5 Å². The molecular weight excluding hydrogens is 552 g/mol. The molecule has 0 bridgehead atoms. The molecule has 0 saturated carbocycles. The minimum absolute atomic E-state index is 0.00945. The van der Waals surface area contributed by atoms with Crippen LogP contribution in [-0.4, -0.2) is 53.3 Å². The van der Waals surface area contributed by atoms with Crippen LogP contribution in [0.15, 0.2) is 71.5 Å². The van der Waals surface area contributed by atoms with E-state index in [1.54, 1.807) is 12.1 Å². The maximum absolute atomic E-state index is 14.0. The minimum atomic E-state index is -1.07. The van der Waals surface area contributed by atoms with Crippen molar-refractivity contribution in [2.75, 3.05) is 25.0 Å². The lowest BCUT2D eigenvalue weighted by Gasteiger charge is -2.25. The molecule has 0 radical (unpaired) electrons. The third kappa shape index (κ3) is 9.17. The quantitative estimate of drug-likeness (QED) is 0.172. The fourth-order valence-corrected chi connectivity index (χ4v) is 4.80. The monoisotopic (exact) mass is 591 g/mol. The first kappa shape index (κ1) is 31.8. The molecule has 228 valence electrons. The van der Waals surface area contributed by atoms with Crippen molar-refractivity contribution in [3.05, 3.63) is 101 Å². The van der Waals surface area contributed by atoms with Crippen LogP contribution in [0, 0.1) is 11.6 Å². The van der Waals surface area contributed by atoms with Gasteiger partial charge >= 0.3 is 0 Å². The van der Waals surface area contributed by atoms with E-state index < -0.39 is 29.7 Å². The molecule has 2 aromatic carbocycles. The van der Waals surface area contributed by atoms with Gasteiger partial charge in [-0.3, -0.25) is 4.79 Å². The van der Waals surface area contributed by atoms with Crippen LogP contribution in [0.5, 0.6) is 0 Å². The summed E-state index contributed by atoms with van der Waals surface area (Å²) < 4.78 is 33.5. The van der Waals surface area contributed by atoms with E-state index in [0.717, 1.165) is 37.4 Å². The fourth-order valence-electron chi connectivity index (χ4n) is 4.80. The number of hydrogen-bond donors (Lipinski definition) is 3. The molecule has 0 aliphatic carbocycles. The van der Waals surface area contributed by atoms with E-state index >= 15 is 0 Å². The normalized spacial score (nSPS) is 12.6. The molecule has 1 amide bonds. The number of aliphatic hydroxyl groups is 1. The van der Waals surface area contributed by atoms with Gasteiger partial charge in [0.1, 0.15) is 29.4 Å². The van der Waals surface area contributed by atoms with Crippen LogP contribution >= 0.6 is 0 Å². The van der Waals surface area contributed by atoms with E-state index in [9.17, 15) is 18.7 Å². The van der Waals surface area contributed by atoms with Crippen molar-refractivity contribution in [3.63, 3.8) is 0 Å². The summed E-state index contributed by atoms with van der Waals surface area (Å²) in [6.45, 7) is 5.57. The molecule has 3 N–H and O–H groups in total. The lowest BCUT2D eigenvalue weighted by atomic mass is 10.00. The summed E-state index contributed by atoms with van der Waals surface area (Å²) in [7, 11) is 1.89. The number of oxazole rings is 1. The number of carbonyl (C=O) groups excluding carboxylic acids is 1. The van der Waals surface area contributed by atoms with E-state index in [4.69, 9.17) is 4.42 Å². The summed E-state index contributed by atoms with van der Waals surface area (Å²) in [5.74, 6) is -1.10. The SMILES string of the molecule is CCCCN(C)c1cc(C(=O)N[C@@H](Cc2cc(F)cc(F)c2)[C@@H](O)CNCc2cccc(CC)c2)cc(-c2ncco2)n1. The number of benzene rings is 2. The number of carbonyl (C=O) groups is 1. The number of amides is 1. The second-order valence-electron chi connectivity index (χ2n) is 10.6. The number of anilines is 1. The van der Waals surface area contributed by atoms with Crippen molar-refractivity contribution < 1.29 is 23.1 Å². The predicted molar refractivity (Wildman–Crippen MR) is 163 cm³/mol. The van der Waals surface area contributed by atoms with E-state index in [-0.39, 0.29) is 24.4 Å². The molecule has 8 nitrogen and oxygen atoms in total. The molecule has 43 heavy (non-hydrogen) atoms. The van der Waals surface area contributed by atoms with Gasteiger partial charge in [0.15, 0.2) is 0 Å². The van der Waals surface area contributed by atoms with Gasteiger partial charge in [0.25, 0.3) is 5.91 Å². The van der Waals surface area contributed by atoms with Crippen LogP contribution in [0.3, 0.4) is 0 Å². The van der Waals surface area contributed by atoms with Gasteiger partial charge < -0.3 is 25.1 Å². The fraction of sp³-hybridized carbons (Fsp3) is 0.364. The minimum Gasteiger partial charge on any atom is -0.443 e. The first-order valence-corrected chi connectivity index (χ1v) is 14.6. The van der Waals surface area contributed by atoms with Gasteiger partial charge in [-0.05, 0) is 60.2 Å². The van der Waals surface area contributed by atoms with E-state index in [1.165, 1.54) is 30.2 Å². The van der Waals surface area contributed by atoms with Crippen molar-refractivity contribution in [2.45, 2.75) is 58.2 Å². The Morgan fingerprint density at radius 1 is 1.05 bits per heavy atom. The zero-order chi connectivity index (χ0) is 30.8. The molecule has 0 spiro atoms. The number of hydrogen-bond acceptors (Lipinski definition) is 7. The van der Waals surface area contributed by atoms with Gasteiger partial charge in [0, 0.05) is 38.3 Å². The van der Waals surface area contributed by atoms with Crippen LogP contribution in [0.25, 0.3) is 11.6 Å². The van der Waals surface area contributed by atoms with Gasteiger partial charge in [-0.2, -0.15) is 0 Å². The number of rotatable bonds is 15. The summed E-state index contributed by atoms with van der Waals surface area (Å²) in [6.07, 6.45) is 4.73. The first-order valence-electron chi connectivity index (χ1n) is 14.6. The van der Waals surface area contributed by atoms with E-state index in [1.807, 2.05) is 24.1 Å². The number of aliphatic hydroxyl groups excluding tert-OH is 1. The van der Waals surface area contributed by atoms with Crippen molar-refractivity contribution in [1.82, 2.24) is 20.6 Å². The van der Waals surface area contributed by atoms with Crippen LogP contribution in [0.4, 0.5) is 14.6 Å². The largest absolute Gasteiger partial charge is 0.443 e. The average Bonchev–Trinajstić information content (AvgIpc) is 3.54. The highest BCUT2D eigenvalue weighted by Gasteiger charge is 2.24. The van der Waals surface area contributed by atoms with Gasteiger partial charge in [-0.25, -0.2) is 18.7 Å². The molecular formula is C33H39F2N5O3. The highest BCUT2D eigenvalue weighted by atomic mass is 19.1. The molecule has 0 saturated heterocycles. The van der Waals surface area contributed by atoms with Gasteiger partial charge in [-0.1, -0.05) is 44.5 Å². The second kappa shape index (κ2) is 15.4. The summed E-state index contributed by atoms with van der Waals surface area (Å²) >= 11 is 0. The molecule has 10 heteroatoms. The molecule has 2 atom stereocenters. The summed E-state index contributed by atoms with van der Waals surface area (Å²) in [6, 6.07) is 13.7. The van der Waals surface area contributed by atoms with Crippen molar-refractivity contribution in [3.8, 4) is 11.6 Å². The van der Waals surface area contributed by atoms with Gasteiger partial charge in [0.05, 0.1) is 18.3 Å². The maximum atomic E-state index is 14.0. The molecule has 2 heterocycles. The Morgan fingerprint density at radius 2 is 1.81 bits per heavy atom. The number of unbranched alkanes of at least 4 members (excludes halogenated alkanes) is 1. The number of aromatic nitrogens is 2. The highest BCUT2D eigenvalue weighted by molar-refractivity contribution is 5.96. The van der Waals surface area contributed by atoms with Gasteiger partial charge in [0.2, 0.25) is 5.89 Å². The number of aryl methyl sites for hydroxylation is 1. The number of nitrogens with zero attached hydrogens (tertiary/aromatic N) is 3. The number of nitrogens with one attached hydrogen (secondary N) is 2. The maximum Gasteiger partial charge on any atom is 0.251 e. The van der Waals surface area contributed by atoms with E-state index in [0.29, 0.717) is 23.6 Å². The number of pyridine rings is 1. The third-order valence-corrected chi connectivity index (χ3v) is 7.20. The molecule has 2 aromatic heterocycles. The Bertz CT molecular complexity index is 1460. The second-order valence-corrected chi connectivity index (χ2v) is 10.6. The van der Waals surface area contributed by atoms with Gasteiger partial charge in [-0.15, -0.1) is 0 Å². The first-order chi connectivity index (χ1) is 20.7. The third-order valence-electron chi connectivity index (χ3n) is 7.20. The molecule has 0 aliphatic heterocycles. The Hall–Kier alpha value is -4.15. The summed E-state index contributed by atoms with van der Waals surface area (Å²) in [5, 5.41) is 17.4. The molecule has 4 rings (SSSR count). The molecule has 0 aliphatic rings.